The average Bonchev–Trinajstić information content (AvgIpc) is 3.33. The Morgan fingerprint density at radius 3 is 2.43 bits per heavy atom. The van der Waals surface area contributed by atoms with Crippen molar-refractivity contribution < 1.29 is 22.8 Å². The molecule has 0 atom stereocenters. The van der Waals surface area contributed by atoms with Crippen molar-refractivity contribution in [2.75, 3.05) is 36.8 Å². The number of rotatable bonds is 6. The number of amides is 2. The largest absolute Gasteiger partial charge is 0.416 e. The lowest BCUT2D eigenvalue weighted by Gasteiger charge is -2.28. The smallest absolute Gasteiger partial charge is 0.346 e. The van der Waals surface area contributed by atoms with Crippen LogP contribution < -0.4 is 15.6 Å². The zero-order valence-corrected chi connectivity index (χ0v) is 20.6. The monoisotopic (exact) mass is 510 g/mol. The molecule has 0 saturated heterocycles. The van der Waals surface area contributed by atoms with E-state index in [0.29, 0.717) is 28.3 Å². The van der Waals surface area contributed by atoms with Gasteiger partial charge in [0.15, 0.2) is 0 Å². The second kappa shape index (κ2) is 9.94. The summed E-state index contributed by atoms with van der Waals surface area (Å²) in [4.78, 5) is 33.4. The molecule has 192 valence electrons. The van der Waals surface area contributed by atoms with Crippen LogP contribution in [0.2, 0.25) is 0 Å². The van der Waals surface area contributed by atoms with Gasteiger partial charge in [-0.15, -0.1) is 0 Å². The lowest BCUT2D eigenvalue weighted by atomic mass is 10.1. The minimum atomic E-state index is -4.56. The Bertz CT molecular complexity index is 1480. The Morgan fingerprint density at radius 1 is 0.973 bits per heavy atom. The zero-order chi connectivity index (χ0) is 26.9. The second-order valence-corrected chi connectivity index (χ2v) is 8.65. The van der Waals surface area contributed by atoms with Crippen molar-refractivity contribution in [3.05, 3.63) is 83.2 Å². The van der Waals surface area contributed by atoms with Gasteiger partial charge >= 0.3 is 6.18 Å². The summed E-state index contributed by atoms with van der Waals surface area (Å²) in [5.74, 6) is -1.12. The van der Waals surface area contributed by atoms with Crippen molar-refractivity contribution in [2.45, 2.75) is 13.1 Å². The molecule has 0 spiro atoms. The number of aryl methyl sites for hydroxylation is 1. The fraction of sp³-hybridized carbons (Fsp3) is 0.192. The van der Waals surface area contributed by atoms with Crippen LogP contribution in [-0.2, 0) is 6.18 Å². The Kier molecular flexibility index (Phi) is 6.90. The lowest BCUT2D eigenvalue weighted by Crippen LogP contribution is -2.34. The second-order valence-electron chi connectivity index (χ2n) is 8.65. The number of benzene rings is 2. The number of nitrogens with one attached hydrogen (secondary N) is 3. The van der Waals surface area contributed by atoms with Crippen LogP contribution in [0.15, 0.2) is 60.9 Å². The molecule has 0 fully saturated rings. The predicted octanol–water partition coefficient (Wildman–Crippen LogP) is 5.31. The van der Waals surface area contributed by atoms with E-state index in [2.05, 4.69) is 20.6 Å². The van der Waals surface area contributed by atoms with Crippen molar-refractivity contribution in [3.8, 4) is 0 Å². The van der Waals surface area contributed by atoms with E-state index in [9.17, 15) is 22.8 Å². The molecule has 0 aliphatic heterocycles. The van der Waals surface area contributed by atoms with Crippen LogP contribution in [0.3, 0.4) is 0 Å². The minimum Gasteiger partial charge on any atom is -0.346 e. The van der Waals surface area contributed by atoms with E-state index in [4.69, 9.17) is 0 Å². The molecule has 2 aromatic carbocycles. The first-order valence-corrected chi connectivity index (χ1v) is 11.2. The molecular weight excluding hydrogens is 485 g/mol. The van der Waals surface area contributed by atoms with E-state index >= 15 is 0 Å². The summed E-state index contributed by atoms with van der Waals surface area (Å²) in [6.07, 6.45) is -1.33. The molecule has 0 bridgehead atoms. The summed E-state index contributed by atoms with van der Waals surface area (Å²) < 4.78 is 39.1. The van der Waals surface area contributed by atoms with Crippen LogP contribution in [0.4, 0.5) is 30.2 Å². The number of H-pyrrole nitrogens is 1. The van der Waals surface area contributed by atoms with E-state index in [1.165, 1.54) is 18.3 Å². The number of aromatic nitrogens is 2. The van der Waals surface area contributed by atoms with Crippen LogP contribution in [0, 0.1) is 6.92 Å². The molecule has 4 rings (SSSR count). The van der Waals surface area contributed by atoms with E-state index < -0.39 is 23.6 Å². The highest BCUT2D eigenvalue weighted by atomic mass is 19.4. The molecule has 3 N–H and O–H groups in total. The van der Waals surface area contributed by atoms with Gasteiger partial charge in [0.05, 0.1) is 16.8 Å². The van der Waals surface area contributed by atoms with Crippen LogP contribution in [0.25, 0.3) is 11.0 Å². The van der Waals surface area contributed by atoms with Crippen molar-refractivity contribution >= 4 is 39.9 Å². The summed E-state index contributed by atoms with van der Waals surface area (Å²) in [5.41, 5.74) is 2.04. The van der Waals surface area contributed by atoms with Gasteiger partial charge in [-0.2, -0.15) is 13.2 Å². The number of hydrogen-bond acceptors (Lipinski definition) is 5. The maximum atomic E-state index is 13.4. The van der Waals surface area contributed by atoms with Crippen molar-refractivity contribution in [2.24, 2.45) is 0 Å². The third kappa shape index (κ3) is 5.41. The predicted molar refractivity (Wildman–Crippen MR) is 137 cm³/mol. The van der Waals surface area contributed by atoms with Crippen molar-refractivity contribution in [1.29, 1.82) is 0 Å². The molecular formula is C26H25F3N6O2. The van der Waals surface area contributed by atoms with Crippen LogP contribution >= 0.6 is 0 Å². The summed E-state index contributed by atoms with van der Waals surface area (Å²) in [6, 6.07) is 10.9. The molecule has 0 unspecified atom stereocenters. The molecule has 0 saturated carbocycles. The lowest BCUT2D eigenvalue weighted by molar-refractivity contribution is -0.137. The summed E-state index contributed by atoms with van der Waals surface area (Å²) in [7, 11) is 5.52. The number of pyridine rings is 1. The van der Waals surface area contributed by atoms with Crippen molar-refractivity contribution in [3.63, 3.8) is 0 Å². The number of aromatic amines is 1. The summed E-state index contributed by atoms with van der Waals surface area (Å²) in [5, 5.41) is 9.88. The highest BCUT2D eigenvalue weighted by Gasteiger charge is 2.31. The molecule has 0 radical (unpaired) electrons. The van der Waals surface area contributed by atoms with Crippen LogP contribution in [0.1, 0.15) is 31.8 Å². The fourth-order valence-corrected chi connectivity index (χ4v) is 3.77. The molecule has 0 aliphatic carbocycles. The number of halogens is 3. The number of nitrogens with zero attached hydrogens (tertiary/aromatic N) is 3. The molecule has 8 nitrogen and oxygen atoms in total. The van der Waals surface area contributed by atoms with E-state index in [1.807, 2.05) is 37.2 Å². The van der Waals surface area contributed by atoms with Gasteiger partial charge in [-0.3, -0.25) is 9.59 Å². The molecule has 2 aromatic heterocycles. The van der Waals surface area contributed by atoms with E-state index in [-0.39, 0.29) is 5.56 Å². The first kappa shape index (κ1) is 25.7. The van der Waals surface area contributed by atoms with Gasteiger partial charge in [0.1, 0.15) is 5.65 Å². The van der Waals surface area contributed by atoms with Crippen LogP contribution in [-0.4, -0.2) is 47.9 Å². The molecule has 2 heterocycles. The Labute approximate surface area is 211 Å². The number of hydrazine groups is 1. The summed E-state index contributed by atoms with van der Waals surface area (Å²) in [6.45, 7) is 1.79. The standard InChI is InChI=1S/C26H25F3N6O2/c1-15-8-9-18(32-24(36)16-6-5-7-17(12-16)26(27,28)29)13-21(15)33-25(37)20-14-31-23-19(10-11-30-23)22(20)35(4)34(2)3/h5-14H,1-4H3,(H,30,31)(H,32,36)(H,33,37). The summed E-state index contributed by atoms with van der Waals surface area (Å²) >= 11 is 0. The van der Waals surface area contributed by atoms with Gasteiger partial charge in [0.2, 0.25) is 0 Å². The Balaban J connectivity index is 1.60. The molecule has 11 heteroatoms. The normalized spacial score (nSPS) is 11.6. The van der Waals surface area contributed by atoms with Gasteiger partial charge in [0, 0.05) is 55.9 Å². The minimum absolute atomic E-state index is 0.136. The molecule has 4 aromatic rings. The van der Waals surface area contributed by atoms with Gasteiger partial charge in [-0.05, 0) is 48.9 Å². The van der Waals surface area contributed by atoms with Crippen LogP contribution in [0.5, 0.6) is 0 Å². The Morgan fingerprint density at radius 2 is 1.73 bits per heavy atom. The number of hydrogen-bond donors (Lipinski definition) is 3. The van der Waals surface area contributed by atoms with Gasteiger partial charge in [-0.1, -0.05) is 12.1 Å². The average molecular weight is 511 g/mol. The zero-order valence-electron chi connectivity index (χ0n) is 20.6. The number of carbonyl (C=O) groups is 2. The molecule has 37 heavy (non-hydrogen) atoms. The topological polar surface area (TPSA) is 93.4 Å². The molecule has 0 aliphatic rings. The third-order valence-corrected chi connectivity index (χ3v) is 5.92. The SMILES string of the molecule is Cc1ccc(NC(=O)c2cccc(C(F)(F)F)c2)cc1NC(=O)c1cnc2[nH]ccc2c1N(C)N(C)C. The van der Waals surface area contributed by atoms with Gasteiger partial charge in [0.25, 0.3) is 11.8 Å². The maximum absolute atomic E-state index is 13.4. The molecule has 2 amide bonds. The maximum Gasteiger partial charge on any atom is 0.416 e. The first-order valence-electron chi connectivity index (χ1n) is 11.2. The Hall–Kier alpha value is -4.38. The number of carbonyl (C=O) groups excluding carboxylic acids is 2. The van der Waals surface area contributed by atoms with Gasteiger partial charge < -0.3 is 20.6 Å². The fourth-order valence-electron chi connectivity index (χ4n) is 3.77. The number of anilines is 3. The number of alkyl halides is 3. The first-order chi connectivity index (χ1) is 17.5. The van der Waals surface area contributed by atoms with Gasteiger partial charge in [-0.25, -0.2) is 9.99 Å². The quantitative estimate of drug-likeness (QED) is 0.306. The van der Waals surface area contributed by atoms with E-state index in [1.54, 1.807) is 31.3 Å². The highest BCUT2D eigenvalue weighted by Crippen LogP contribution is 2.31. The highest BCUT2D eigenvalue weighted by molar-refractivity contribution is 6.13. The van der Waals surface area contributed by atoms with Crippen molar-refractivity contribution in [1.82, 2.24) is 15.0 Å². The number of fused-ring (bicyclic) bond motifs is 1. The van der Waals surface area contributed by atoms with E-state index in [0.717, 1.165) is 23.1 Å². The third-order valence-electron chi connectivity index (χ3n) is 5.92.